The normalized spacial score (nSPS) is 12.0. The molecule has 3 aromatic rings. The molecule has 0 fully saturated rings. The number of nitrogens with one attached hydrogen (secondary N) is 2. The van der Waals surface area contributed by atoms with Gasteiger partial charge in [0.1, 0.15) is 11.6 Å². The van der Waals surface area contributed by atoms with Crippen LogP contribution in [0.15, 0.2) is 48.5 Å². The van der Waals surface area contributed by atoms with Gasteiger partial charge in [-0.15, -0.1) is 12.4 Å². The number of hydrogen-bond acceptors (Lipinski definition) is 5. The highest BCUT2D eigenvalue weighted by Gasteiger charge is 2.18. The molecule has 1 atom stereocenters. The quantitative estimate of drug-likeness (QED) is 0.548. The minimum absolute atomic E-state index is 0. The number of amides is 1. The zero-order valence-corrected chi connectivity index (χ0v) is 18.4. The smallest absolute Gasteiger partial charge is 0.265 e. The van der Waals surface area contributed by atoms with Gasteiger partial charge in [0.2, 0.25) is 0 Å². The van der Waals surface area contributed by atoms with E-state index in [2.05, 4.69) is 47.3 Å². The molecule has 7 nitrogen and oxygen atoms in total. The molecule has 4 N–H and O–H groups in total. The topological polar surface area (TPSA) is 106 Å². The minimum atomic E-state index is -0.634. The molecule has 0 aliphatic heterocycles. The Morgan fingerprint density at radius 2 is 1.90 bits per heavy atom. The number of carbonyl (C=O) groups excluding carboxylic acids is 1. The van der Waals surface area contributed by atoms with Crippen LogP contribution in [0, 0.1) is 0 Å². The van der Waals surface area contributed by atoms with E-state index in [1.807, 2.05) is 30.3 Å². The first-order chi connectivity index (χ1) is 13.8. The van der Waals surface area contributed by atoms with E-state index in [1.165, 1.54) is 0 Å². The number of nitrogens with two attached hydrogens (primary N) is 1. The van der Waals surface area contributed by atoms with Gasteiger partial charge in [-0.3, -0.25) is 9.89 Å². The number of aromatic amines is 1. The molecule has 0 aliphatic carbocycles. The largest absolute Gasteiger partial charge is 0.481 e. The van der Waals surface area contributed by atoms with E-state index in [1.54, 1.807) is 19.1 Å². The summed E-state index contributed by atoms with van der Waals surface area (Å²) in [4.78, 5) is 16.8. The lowest BCUT2D eigenvalue weighted by molar-refractivity contribution is -0.122. The Morgan fingerprint density at radius 1 is 1.20 bits per heavy atom. The fourth-order valence-electron chi connectivity index (χ4n) is 2.76. The number of rotatable bonds is 6. The highest BCUT2D eigenvalue weighted by atomic mass is 35.5. The van der Waals surface area contributed by atoms with Crippen molar-refractivity contribution in [3.05, 3.63) is 59.9 Å². The van der Waals surface area contributed by atoms with Crippen molar-refractivity contribution in [2.75, 3.05) is 5.32 Å². The van der Waals surface area contributed by atoms with Gasteiger partial charge in [0.25, 0.3) is 5.91 Å². The number of benzene rings is 2. The predicted octanol–water partition coefficient (Wildman–Crippen LogP) is 4.06. The van der Waals surface area contributed by atoms with Crippen LogP contribution in [0.4, 0.5) is 5.69 Å². The van der Waals surface area contributed by atoms with E-state index < -0.39 is 6.10 Å². The predicted molar refractivity (Wildman–Crippen MR) is 121 cm³/mol. The second-order valence-electron chi connectivity index (χ2n) is 7.91. The minimum Gasteiger partial charge on any atom is -0.481 e. The third kappa shape index (κ3) is 5.81. The zero-order valence-electron chi connectivity index (χ0n) is 17.6. The molecule has 0 saturated carbocycles. The average molecular weight is 430 g/mol. The number of halogens is 1. The van der Waals surface area contributed by atoms with Crippen LogP contribution < -0.4 is 15.8 Å². The molecule has 1 aromatic heterocycles. The molecular weight excluding hydrogens is 402 g/mol. The van der Waals surface area contributed by atoms with Gasteiger partial charge >= 0.3 is 0 Å². The summed E-state index contributed by atoms with van der Waals surface area (Å²) in [5, 5.41) is 9.77. The molecule has 0 spiro atoms. The molecule has 1 unspecified atom stereocenters. The standard InChI is InChI=1S/C22H27N5O2.ClH/c1-14(29-18-7-5-6-16(12-18)22(2,3)4)21(28)24-17-10-8-15(9-11-17)20-25-19(13-23)26-27-20;/h5-12,14H,13,23H2,1-4H3,(H,24,28)(H,25,26,27);1H. The van der Waals surface area contributed by atoms with Gasteiger partial charge in [0.05, 0.1) is 6.54 Å². The van der Waals surface area contributed by atoms with Crippen LogP contribution in [0.25, 0.3) is 11.4 Å². The lowest BCUT2D eigenvalue weighted by atomic mass is 9.87. The number of hydrogen-bond donors (Lipinski definition) is 3. The average Bonchev–Trinajstić information content (AvgIpc) is 3.17. The van der Waals surface area contributed by atoms with Crippen molar-refractivity contribution in [2.24, 2.45) is 5.73 Å². The summed E-state index contributed by atoms with van der Waals surface area (Å²) in [5.41, 5.74) is 8.22. The second-order valence-corrected chi connectivity index (χ2v) is 7.91. The summed E-state index contributed by atoms with van der Waals surface area (Å²) in [6.07, 6.45) is -0.634. The molecule has 8 heteroatoms. The number of H-pyrrole nitrogens is 1. The van der Waals surface area contributed by atoms with E-state index in [0.29, 0.717) is 29.6 Å². The van der Waals surface area contributed by atoms with Crippen LogP contribution in [0.1, 0.15) is 39.1 Å². The van der Waals surface area contributed by atoms with Crippen molar-refractivity contribution in [2.45, 2.75) is 45.8 Å². The molecule has 0 radical (unpaired) electrons. The SMILES string of the molecule is CC(Oc1cccc(C(C)(C)C)c1)C(=O)Nc1ccc(-c2n[nH]c(CN)n2)cc1.Cl. The summed E-state index contributed by atoms with van der Waals surface area (Å²) < 4.78 is 5.84. The maximum atomic E-state index is 12.5. The molecular formula is C22H28ClN5O2. The third-order valence-corrected chi connectivity index (χ3v) is 4.52. The van der Waals surface area contributed by atoms with Crippen LogP contribution in [0.2, 0.25) is 0 Å². The summed E-state index contributed by atoms with van der Waals surface area (Å²) in [7, 11) is 0. The summed E-state index contributed by atoms with van der Waals surface area (Å²) in [6, 6.07) is 15.1. The summed E-state index contributed by atoms with van der Waals surface area (Å²) in [5.74, 6) is 1.65. The molecule has 1 amide bonds. The molecule has 0 bridgehead atoms. The first-order valence-corrected chi connectivity index (χ1v) is 9.56. The fourth-order valence-corrected chi connectivity index (χ4v) is 2.76. The Balaban J connectivity index is 0.00000320. The summed E-state index contributed by atoms with van der Waals surface area (Å²) >= 11 is 0. The number of aromatic nitrogens is 3. The van der Waals surface area contributed by atoms with Crippen molar-refractivity contribution in [1.29, 1.82) is 0 Å². The Kier molecular flexibility index (Phi) is 7.59. The van der Waals surface area contributed by atoms with Gasteiger partial charge in [-0.2, -0.15) is 5.10 Å². The molecule has 1 heterocycles. The lowest BCUT2D eigenvalue weighted by Crippen LogP contribution is -2.30. The second kappa shape index (κ2) is 9.73. The molecule has 2 aromatic carbocycles. The molecule has 160 valence electrons. The van der Waals surface area contributed by atoms with Crippen LogP contribution in [-0.2, 0) is 16.8 Å². The van der Waals surface area contributed by atoms with Crippen LogP contribution in [0.3, 0.4) is 0 Å². The van der Waals surface area contributed by atoms with Crippen molar-refractivity contribution < 1.29 is 9.53 Å². The Hall–Kier alpha value is -2.90. The molecule has 0 saturated heterocycles. The summed E-state index contributed by atoms with van der Waals surface area (Å²) in [6.45, 7) is 8.46. The number of nitrogens with zero attached hydrogens (tertiary/aromatic N) is 2. The van der Waals surface area contributed by atoms with E-state index >= 15 is 0 Å². The van der Waals surface area contributed by atoms with Gasteiger partial charge in [-0.1, -0.05) is 32.9 Å². The first kappa shape index (κ1) is 23.4. The third-order valence-electron chi connectivity index (χ3n) is 4.52. The maximum absolute atomic E-state index is 12.5. The van der Waals surface area contributed by atoms with Crippen molar-refractivity contribution >= 4 is 24.0 Å². The van der Waals surface area contributed by atoms with Crippen LogP contribution in [-0.4, -0.2) is 27.2 Å². The number of anilines is 1. The van der Waals surface area contributed by atoms with E-state index in [0.717, 1.165) is 11.1 Å². The van der Waals surface area contributed by atoms with Crippen LogP contribution in [0.5, 0.6) is 5.75 Å². The Morgan fingerprint density at radius 3 is 2.50 bits per heavy atom. The lowest BCUT2D eigenvalue weighted by Gasteiger charge is -2.21. The molecule has 3 rings (SSSR count). The van der Waals surface area contributed by atoms with Crippen molar-refractivity contribution in [1.82, 2.24) is 15.2 Å². The first-order valence-electron chi connectivity index (χ1n) is 9.56. The van der Waals surface area contributed by atoms with Gasteiger partial charge in [0.15, 0.2) is 11.9 Å². The van der Waals surface area contributed by atoms with E-state index in [9.17, 15) is 4.79 Å². The van der Waals surface area contributed by atoms with Gasteiger partial charge < -0.3 is 15.8 Å². The van der Waals surface area contributed by atoms with Crippen LogP contribution >= 0.6 is 12.4 Å². The van der Waals surface area contributed by atoms with Crippen molar-refractivity contribution in [3.8, 4) is 17.1 Å². The fraction of sp³-hybridized carbons (Fsp3) is 0.318. The molecule has 0 aliphatic rings. The van der Waals surface area contributed by atoms with Crippen molar-refractivity contribution in [3.63, 3.8) is 0 Å². The van der Waals surface area contributed by atoms with E-state index in [-0.39, 0.29) is 23.7 Å². The highest BCUT2D eigenvalue weighted by molar-refractivity contribution is 5.94. The number of carbonyl (C=O) groups is 1. The Bertz CT molecular complexity index is 980. The zero-order chi connectivity index (χ0) is 21.0. The Labute approximate surface area is 182 Å². The monoisotopic (exact) mass is 429 g/mol. The number of ether oxygens (including phenoxy) is 1. The van der Waals surface area contributed by atoms with Gasteiger partial charge in [0, 0.05) is 11.3 Å². The van der Waals surface area contributed by atoms with Gasteiger partial charge in [-0.05, 0) is 54.3 Å². The molecule has 30 heavy (non-hydrogen) atoms. The highest BCUT2D eigenvalue weighted by Crippen LogP contribution is 2.26. The van der Waals surface area contributed by atoms with E-state index in [4.69, 9.17) is 10.5 Å². The van der Waals surface area contributed by atoms with Gasteiger partial charge in [-0.25, -0.2) is 4.98 Å². The maximum Gasteiger partial charge on any atom is 0.265 e.